The molecule has 1 aliphatic heterocycles. The maximum atomic E-state index is 10.6. The third kappa shape index (κ3) is 3.40. The van der Waals surface area contributed by atoms with Crippen LogP contribution in [0.1, 0.15) is 36.6 Å². The normalized spacial score (nSPS) is 26.8. The van der Waals surface area contributed by atoms with Crippen LogP contribution in [0, 0.1) is 5.92 Å². The summed E-state index contributed by atoms with van der Waals surface area (Å²) in [5, 5.41) is 14.3. The molecule has 128 valence electrons. The van der Waals surface area contributed by atoms with Gasteiger partial charge in [-0.1, -0.05) is 31.2 Å². The Hall–Kier alpha value is -2.04. The lowest BCUT2D eigenvalue weighted by molar-refractivity contribution is 0.0402. The molecule has 0 radical (unpaired) electrons. The van der Waals surface area contributed by atoms with E-state index >= 15 is 0 Å². The number of nitrogens with one attached hydrogen (secondary N) is 1. The van der Waals surface area contributed by atoms with E-state index in [1.54, 1.807) is 14.2 Å². The summed E-state index contributed by atoms with van der Waals surface area (Å²) in [4.78, 5) is 0. The van der Waals surface area contributed by atoms with E-state index in [2.05, 4.69) is 36.5 Å². The maximum absolute atomic E-state index is 10.6. The molecule has 24 heavy (non-hydrogen) atoms. The number of aliphatic hydroxyl groups excluding tert-OH is 1. The van der Waals surface area contributed by atoms with Crippen LogP contribution < -0.4 is 14.8 Å². The molecule has 2 aromatic carbocycles. The van der Waals surface area contributed by atoms with Crippen LogP contribution in [0.2, 0.25) is 0 Å². The van der Waals surface area contributed by atoms with Gasteiger partial charge >= 0.3 is 0 Å². The van der Waals surface area contributed by atoms with E-state index in [0.717, 1.165) is 11.5 Å². The minimum absolute atomic E-state index is 0.103. The number of piperidine rings is 1. The highest BCUT2D eigenvalue weighted by Gasteiger charge is 2.35. The van der Waals surface area contributed by atoms with E-state index in [0.29, 0.717) is 6.42 Å². The van der Waals surface area contributed by atoms with Crippen molar-refractivity contribution in [2.24, 2.45) is 5.92 Å². The van der Waals surface area contributed by atoms with Crippen molar-refractivity contribution >= 4 is 0 Å². The van der Waals surface area contributed by atoms with Crippen LogP contribution in [0.25, 0.3) is 0 Å². The fraction of sp³-hybridized carbons (Fsp3) is 0.400. The summed E-state index contributed by atoms with van der Waals surface area (Å²) < 4.78 is 10.5. The molecular weight excluding hydrogens is 302 g/mol. The van der Waals surface area contributed by atoms with Gasteiger partial charge in [-0.05, 0) is 41.8 Å². The van der Waals surface area contributed by atoms with Crippen molar-refractivity contribution in [3.63, 3.8) is 0 Å². The van der Waals surface area contributed by atoms with Crippen LogP contribution in [0.4, 0.5) is 0 Å². The third-order valence-electron chi connectivity index (χ3n) is 4.98. The molecule has 1 fully saturated rings. The number of hydrogen-bond donors (Lipinski definition) is 2. The SMILES string of the molecule is COc1ccc([C@@H]2C[C@H](O)[C@H](C)[C@@H](c3ccc(OC)cc3)N2)cc1. The molecule has 2 N–H and O–H groups in total. The van der Waals surface area contributed by atoms with Gasteiger partial charge in [-0.3, -0.25) is 0 Å². The molecule has 0 bridgehead atoms. The lowest BCUT2D eigenvalue weighted by atomic mass is 9.81. The van der Waals surface area contributed by atoms with E-state index in [4.69, 9.17) is 9.47 Å². The molecule has 2 aromatic rings. The molecule has 0 amide bonds. The monoisotopic (exact) mass is 327 g/mol. The number of aliphatic hydroxyl groups is 1. The van der Waals surface area contributed by atoms with Crippen LogP contribution in [-0.4, -0.2) is 25.4 Å². The van der Waals surface area contributed by atoms with Crippen LogP contribution >= 0.6 is 0 Å². The second-order valence-electron chi connectivity index (χ2n) is 6.41. The largest absolute Gasteiger partial charge is 0.497 e. The highest BCUT2D eigenvalue weighted by molar-refractivity contribution is 5.32. The Balaban J connectivity index is 1.82. The average molecular weight is 327 g/mol. The first-order valence-electron chi connectivity index (χ1n) is 8.34. The lowest BCUT2D eigenvalue weighted by Crippen LogP contribution is -2.43. The molecule has 0 saturated carbocycles. The Morgan fingerprint density at radius 3 is 1.88 bits per heavy atom. The molecular formula is C20H25NO3. The summed E-state index contributed by atoms with van der Waals surface area (Å²) in [6.45, 7) is 2.09. The number of rotatable bonds is 4. The minimum Gasteiger partial charge on any atom is -0.497 e. The Kier molecular flexibility index (Phi) is 5.07. The van der Waals surface area contributed by atoms with Gasteiger partial charge in [-0.2, -0.15) is 0 Å². The number of benzene rings is 2. The van der Waals surface area contributed by atoms with Gasteiger partial charge in [0.05, 0.1) is 20.3 Å². The first-order valence-corrected chi connectivity index (χ1v) is 8.34. The smallest absolute Gasteiger partial charge is 0.118 e. The summed E-state index contributed by atoms with van der Waals surface area (Å²) >= 11 is 0. The summed E-state index contributed by atoms with van der Waals surface area (Å²) in [6, 6.07) is 16.3. The molecule has 1 saturated heterocycles. The van der Waals surface area contributed by atoms with Crippen molar-refractivity contribution in [1.82, 2.24) is 5.32 Å². The van der Waals surface area contributed by atoms with Gasteiger partial charge in [0.1, 0.15) is 11.5 Å². The van der Waals surface area contributed by atoms with E-state index < -0.39 is 0 Å². The average Bonchev–Trinajstić information content (AvgIpc) is 2.64. The summed E-state index contributed by atoms with van der Waals surface area (Å²) in [7, 11) is 3.33. The zero-order chi connectivity index (χ0) is 17.1. The van der Waals surface area contributed by atoms with Crippen LogP contribution in [0.15, 0.2) is 48.5 Å². The molecule has 0 unspecified atom stereocenters. The standard InChI is InChI=1S/C20H25NO3/c1-13-19(22)12-18(14-4-8-16(23-2)9-5-14)21-20(13)15-6-10-17(24-3)11-7-15/h4-11,13,18-22H,12H2,1-3H3/t13-,18-,19-,20-/m0/s1. The van der Waals surface area contributed by atoms with Gasteiger partial charge < -0.3 is 19.9 Å². The molecule has 1 heterocycles. The first-order chi connectivity index (χ1) is 11.6. The van der Waals surface area contributed by atoms with Crippen molar-refractivity contribution in [3.8, 4) is 11.5 Å². The van der Waals surface area contributed by atoms with E-state index in [1.807, 2.05) is 24.3 Å². The number of hydrogen-bond acceptors (Lipinski definition) is 4. The molecule has 4 heteroatoms. The van der Waals surface area contributed by atoms with Crippen molar-refractivity contribution in [2.75, 3.05) is 14.2 Å². The van der Waals surface area contributed by atoms with Crippen molar-refractivity contribution in [1.29, 1.82) is 0 Å². The highest BCUT2D eigenvalue weighted by atomic mass is 16.5. The summed E-state index contributed by atoms with van der Waals surface area (Å²) in [6.07, 6.45) is 0.366. The Morgan fingerprint density at radius 1 is 0.875 bits per heavy atom. The van der Waals surface area contributed by atoms with Gasteiger partial charge in [0, 0.05) is 18.0 Å². The Morgan fingerprint density at radius 2 is 1.38 bits per heavy atom. The van der Waals surface area contributed by atoms with Crippen LogP contribution in [0.5, 0.6) is 11.5 Å². The van der Waals surface area contributed by atoms with Gasteiger partial charge in [0.15, 0.2) is 0 Å². The molecule has 4 atom stereocenters. The van der Waals surface area contributed by atoms with Crippen LogP contribution in [0.3, 0.4) is 0 Å². The number of methoxy groups -OCH3 is 2. The predicted octanol–water partition coefficient (Wildman–Crippen LogP) is 3.48. The summed E-state index contributed by atoms with van der Waals surface area (Å²) in [5.41, 5.74) is 2.33. The predicted molar refractivity (Wildman–Crippen MR) is 94.4 cm³/mol. The van der Waals surface area contributed by atoms with Crippen molar-refractivity contribution in [3.05, 3.63) is 59.7 Å². The van der Waals surface area contributed by atoms with Crippen molar-refractivity contribution < 1.29 is 14.6 Å². The first kappa shape index (κ1) is 16.8. The van der Waals surface area contributed by atoms with Crippen molar-refractivity contribution in [2.45, 2.75) is 31.5 Å². The molecule has 3 rings (SSSR count). The fourth-order valence-corrected chi connectivity index (χ4v) is 3.39. The van der Waals surface area contributed by atoms with E-state index in [-0.39, 0.29) is 24.1 Å². The minimum atomic E-state index is -0.342. The van der Waals surface area contributed by atoms with Crippen LogP contribution in [-0.2, 0) is 0 Å². The van der Waals surface area contributed by atoms with E-state index in [1.165, 1.54) is 11.1 Å². The summed E-state index contributed by atoms with van der Waals surface area (Å²) in [5.74, 6) is 1.83. The zero-order valence-electron chi connectivity index (χ0n) is 14.4. The number of ether oxygens (including phenoxy) is 2. The van der Waals surface area contributed by atoms with Gasteiger partial charge in [0.2, 0.25) is 0 Å². The fourth-order valence-electron chi connectivity index (χ4n) is 3.39. The Bertz CT molecular complexity index is 654. The maximum Gasteiger partial charge on any atom is 0.118 e. The van der Waals surface area contributed by atoms with E-state index in [9.17, 15) is 5.11 Å². The lowest BCUT2D eigenvalue weighted by Gasteiger charge is -2.40. The molecule has 1 aliphatic rings. The second kappa shape index (κ2) is 7.24. The third-order valence-corrected chi connectivity index (χ3v) is 4.98. The quantitative estimate of drug-likeness (QED) is 0.903. The van der Waals surface area contributed by atoms with Gasteiger partial charge in [0.25, 0.3) is 0 Å². The molecule has 4 nitrogen and oxygen atoms in total. The topological polar surface area (TPSA) is 50.7 Å². The Labute approximate surface area is 143 Å². The van der Waals surface area contributed by atoms with Gasteiger partial charge in [-0.15, -0.1) is 0 Å². The molecule has 0 spiro atoms. The van der Waals surface area contributed by atoms with Gasteiger partial charge in [-0.25, -0.2) is 0 Å². The molecule has 0 aliphatic carbocycles. The molecule has 0 aromatic heterocycles. The highest BCUT2D eigenvalue weighted by Crippen LogP contribution is 2.37. The zero-order valence-corrected chi connectivity index (χ0v) is 14.4. The second-order valence-corrected chi connectivity index (χ2v) is 6.41.